The van der Waals surface area contributed by atoms with E-state index in [4.69, 9.17) is 9.47 Å². The first-order chi connectivity index (χ1) is 14.5. The van der Waals surface area contributed by atoms with Gasteiger partial charge in [0.25, 0.3) is 0 Å². The molecule has 3 aromatic rings. The molecule has 3 heteroatoms. The number of phenolic OH excluding ortho intramolecular Hbond substituents is 1. The molecule has 0 saturated heterocycles. The minimum atomic E-state index is -0.148. The Hall–Kier alpha value is -2.94. The maximum Gasteiger partial charge on any atom is 0.131 e. The zero-order chi connectivity index (χ0) is 23.0. The Balaban J connectivity index is 2.40. The summed E-state index contributed by atoms with van der Waals surface area (Å²) in [6.45, 7) is 13.1. The molecular formula is C28H34O3. The Kier molecular flexibility index (Phi) is 6.09. The Bertz CT molecular complexity index is 964. The highest BCUT2D eigenvalue weighted by Crippen LogP contribution is 2.49. The standard InChI is InChI=1S/C28H34O3/c1-27(2,3)22-17-23(28(4,5)6)25(19-11-15-21(31-8)16-12-19)26(29)24(22)18-9-13-20(30-7)14-10-18/h9-17,29H,1-8H3. The molecule has 0 heterocycles. The summed E-state index contributed by atoms with van der Waals surface area (Å²) in [5.41, 5.74) is 5.63. The number of methoxy groups -OCH3 is 2. The summed E-state index contributed by atoms with van der Waals surface area (Å²) in [6, 6.07) is 18.1. The van der Waals surface area contributed by atoms with Gasteiger partial charge in [-0.05, 0) is 57.3 Å². The number of phenols is 1. The van der Waals surface area contributed by atoms with Crippen LogP contribution in [0.4, 0.5) is 0 Å². The fourth-order valence-electron chi connectivity index (χ4n) is 3.95. The quantitative estimate of drug-likeness (QED) is 0.482. The lowest BCUT2D eigenvalue weighted by molar-refractivity contribution is 0.415. The average Bonchev–Trinajstić information content (AvgIpc) is 2.72. The number of hydrogen-bond acceptors (Lipinski definition) is 3. The van der Waals surface area contributed by atoms with Gasteiger partial charge in [0.05, 0.1) is 14.2 Å². The molecule has 0 unspecified atom stereocenters. The summed E-state index contributed by atoms with van der Waals surface area (Å²) in [6.07, 6.45) is 0. The van der Waals surface area contributed by atoms with Gasteiger partial charge in [-0.1, -0.05) is 71.9 Å². The summed E-state index contributed by atoms with van der Waals surface area (Å²) in [5.74, 6) is 1.90. The Morgan fingerprint density at radius 1 is 0.581 bits per heavy atom. The van der Waals surface area contributed by atoms with Crippen LogP contribution < -0.4 is 9.47 Å². The number of rotatable bonds is 4. The van der Waals surface area contributed by atoms with E-state index in [0.717, 1.165) is 44.9 Å². The monoisotopic (exact) mass is 418 g/mol. The fourth-order valence-corrected chi connectivity index (χ4v) is 3.95. The minimum absolute atomic E-state index is 0.148. The molecule has 0 saturated carbocycles. The predicted octanol–water partition coefficient (Wildman–Crippen LogP) is 7.34. The second-order valence-corrected chi connectivity index (χ2v) is 10.0. The van der Waals surface area contributed by atoms with Crippen LogP contribution in [0, 0.1) is 0 Å². The van der Waals surface area contributed by atoms with Crippen molar-refractivity contribution in [1.82, 2.24) is 0 Å². The van der Waals surface area contributed by atoms with Crippen LogP contribution in [0.5, 0.6) is 17.2 Å². The lowest BCUT2D eigenvalue weighted by Gasteiger charge is -2.31. The molecular weight excluding hydrogens is 384 g/mol. The van der Waals surface area contributed by atoms with Crippen molar-refractivity contribution in [3.63, 3.8) is 0 Å². The maximum absolute atomic E-state index is 11.8. The van der Waals surface area contributed by atoms with Crippen LogP contribution in [0.1, 0.15) is 52.7 Å². The van der Waals surface area contributed by atoms with Gasteiger partial charge in [-0.15, -0.1) is 0 Å². The van der Waals surface area contributed by atoms with E-state index < -0.39 is 0 Å². The van der Waals surface area contributed by atoms with E-state index in [2.05, 4.69) is 47.6 Å². The Morgan fingerprint density at radius 3 is 1.16 bits per heavy atom. The molecule has 0 aliphatic carbocycles. The molecule has 0 amide bonds. The SMILES string of the molecule is COc1ccc(-c2c(C(C)(C)C)cc(C(C)(C)C)c(-c3ccc(OC)cc3)c2O)cc1. The molecule has 0 fully saturated rings. The van der Waals surface area contributed by atoms with Crippen molar-refractivity contribution in [2.75, 3.05) is 14.2 Å². The summed E-state index contributed by atoms with van der Waals surface area (Å²) in [5, 5.41) is 11.8. The summed E-state index contributed by atoms with van der Waals surface area (Å²) in [7, 11) is 3.32. The second-order valence-electron chi connectivity index (χ2n) is 10.0. The first-order valence-corrected chi connectivity index (χ1v) is 10.7. The van der Waals surface area contributed by atoms with Crippen LogP contribution in [0.2, 0.25) is 0 Å². The highest BCUT2D eigenvalue weighted by Gasteiger charge is 2.30. The third-order valence-electron chi connectivity index (χ3n) is 5.67. The van der Waals surface area contributed by atoms with Crippen molar-refractivity contribution in [1.29, 1.82) is 0 Å². The molecule has 0 aromatic heterocycles. The van der Waals surface area contributed by atoms with Crippen LogP contribution in [0.25, 0.3) is 22.3 Å². The largest absolute Gasteiger partial charge is 0.507 e. The molecule has 3 aromatic carbocycles. The van der Waals surface area contributed by atoms with Gasteiger partial charge in [-0.3, -0.25) is 0 Å². The topological polar surface area (TPSA) is 38.7 Å². The Morgan fingerprint density at radius 2 is 0.903 bits per heavy atom. The molecule has 0 bridgehead atoms. The summed E-state index contributed by atoms with van der Waals surface area (Å²) in [4.78, 5) is 0. The van der Waals surface area contributed by atoms with Gasteiger partial charge in [0, 0.05) is 11.1 Å². The zero-order valence-corrected chi connectivity index (χ0v) is 20.0. The molecule has 3 rings (SSSR count). The first-order valence-electron chi connectivity index (χ1n) is 10.7. The van der Waals surface area contributed by atoms with E-state index in [-0.39, 0.29) is 10.8 Å². The van der Waals surface area contributed by atoms with E-state index in [1.165, 1.54) is 0 Å². The normalized spacial score (nSPS) is 12.0. The predicted molar refractivity (Wildman–Crippen MR) is 129 cm³/mol. The van der Waals surface area contributed by atoms with Crippen LogP contribution in [0.15, 0.2) is 54.6 Å². The molecule has 0 atom stereocenters. The van der Waals surface area contributed by atoms with E-state index in [1.54, 1.807) is 14.2 Å². The maximum atomic E-state index is 11.8. The third-order valence-corrected chi connectivity index (χ3v) is 5.67. The van der Waals surface area contributed by atoms with Gasteiger partial charge >= 0.3 is 0 Å². The number of ether oxygens (including phenoxy) is 2. The zero-order valence-electron chi connectivity index (χ0n) is 20.0. The summed E-state index contributed by atoms with van der Waals surface area (Å²) < 4.78 is 10.7. The van der Waals surface area contributed by atoms with Crippen LogP contribution >= 0.6 is 0 Å². The van der Waals surface area contributed by atoms with Crippen molar-refractivity contribution in [3.05, 3.63) is 65.7 Å². The molecule has 3 nitrogen and oxygen atoms in total. The number of aromatic hydroxyl groups is 1. The highest BCUT2D eigenvalue weighted by atomic mass is 16.5. The van der Waals surface area contributed by atoms with E-state index in [9.17, 15) is 5.11 Å². The molecule has 0 aliphatic rings. The van der Waals surface area contributed by atoms with Crippen molar-refractivity contribution in [3.8, 4) is 39.5 Å². The minimum Gasteiger partial charge on any atom is -0.507 e. The van der Waals surface area contributed by atoms with Crippen molar-refractivity contribution < 1.29 is 14.6 Å². The lowest BCUT2D eigenvalue weighted by Crippen LogP contribution is -2.19. The van der Waals surface area contributed by atoms with Gasteiger partial charge in [0.1, 0.15) is 17.2 Å². The van der Waals surface area contributed by atoms with Crippen LogP contribution in [0.3, 0.4) is 0 Å². The molecule has 0 radical (unpaired) electrons. The number of hydrogen-bond donors (Lipinski definition) is 1. The highest BCUT2D eigenvalue weighted by molar-refractivity contribution is 5.88. The van der Waals surface area contributed by atoms with Gasteiger partial charge < -0.3 is 14.6 Å². The molecule has 1 N–H and O–H groups in total. The van der Waals surface area contributed by atoms with E-state index in [1.807, 2.05) is 48.5 Å². The first kappa shape index (κ1) is 22.7. The van der Waals surface area contributed by atoms with Crippen molar-refractivity contribution in [2.45, 2.75) is 52.4 Å². The summed E-state index contributed by atoms with van der Waals surface area (Å²) >= 11 is 0. The van der Waals surface area contributed by atoms with Gasteiger partial charge in [-0.25, -0.2) is 0 Å². The molecule has 31 heavy (non-hydrogen) atoms. The second kappa shape index (κ2) is 8.30. The van der Waals surface area contributed by atoms with Gasteiger partial charge in [0.2, 0.25) is 0 Å². The van der Waals surface area contributed by atoms with Crippen molar-refractivity contribution >= 4 is 0 Å². The van der Waals surface area contributed by atoms with E-state index in [0.29, 0.717) is 5.75 Å². The smallest absolute Gasteiger partial charge is 0.131 e. The molecule has 164 valence electrons. The van der Waals surface area contributed by atoms with Crippen molar-refractivity contribution in [2.24, 2.45) is 0 Å². The lowest BCUT2D eigenvalue weighted by atomic mass is 9.73. The fraction of sp³-hybridized carbons (Fsp3) is 0.357. The van der Waals surface area contributed by atoms with Crippen LogP contribution in [-0.2, 0) is 10.8 Å². The van der Waals surface area contributed by atoms with Crippen LogP contribution in [-0.4, -0.2) is 19.3 Å². The molecule has 0 aliphatic heterocycles. The average molecular weight is 419 g/mol. The third kappa shape index (κ3) is 4.56. The molecule has 0 spiro atoms. The Labute approximate surface area is 186 Å². The van der Waals surface area contributed by atoms with Gasteiger partial charge in [-0.2, -0.15) is 0 Å². The van der Waals surface area contributed by atoms with E-state index >= 15 is 0 Å². The van der Waals surface area contributed by atoms with Gasteiger partial charge in [0.15, 0.2) is 0 Å². The number of benzene rings is 3.